The molecule has 0 aliphatic heterocycles. The first-order chi connectivity index (χ1) is 9.08. The molecular formula is C12H10FN3O2S. The van der Waals surface area contributed by atoms with Crippen LogP contribution in [0.3, 0.4) is 0 Å². The zero-order valence-corrected chi connectivity index (χ0v) is 10.5. The fourth-order valence-corrected chi connectivity index (χ4v) is 2.36. The second-order valence-corrected chi connectivity index (χ2v) is 4.68. The number of nitrogens with two attached hydrogens (primary N) is 1. The maximum atomic E-state index is 12.9. The minimum absolute atomic E-state index is 0.0516. The van der Waals surface area contributed by atoms with E-state index in [1.807, 2.05) is 0 Å². The number of rotatable bonds is 4. The lowest BCUT2D eigenvalue weighted by Gasteiger charge is -2.06. The van der Waals surface area contributed by atoms with E-state index in [4.69, 9.17) is 10.8 Å². The molecule has 2 aromatic rings. The molecule has 0 fully saturated rings. The molecule has 0 saturated heterocycles. The molecule has 19 heavy (non-hydrogen) atoms. The van der Waals surface area contributed by atoms with Crippen molar-refractivity contribution in [2.24, 2.45) is 0 Å². The van der Waals surface area contributed by atoms with Crippen LogP contribution in [0.15, 0.2) is 35.6 Å². The van der Waals surface area contributed by atoms with E-state index in [-0.39, 0.29) is 5.56 Å². The molecule has 0 aliphatic rings. The normalized spacial score (nSPS) is 10.4. The number of benzene rings is 1. The Hall–Kier alpha value is -2.15. The van der Waals surface area contributed by atoms with E-state index in [1.54, 1.807) is 6.07 Å². The summed E-state index contributed by atoms with van der Waals surface area (Å²) in [6.45, 7) is 0. The van der Waals surface area contributed by atoms with Gasteiger partial charge in [0.2, 0.25) is 0 Å². The summed E-state index contributed by atoms with van der Waals surface area (Å²) in [6, 6.07) is 4.08. The standard InChI is InChI=1S/C12H10FN3O2S/c13-7-1-2-11(9(14)3-7)19-5-10-8(12(17)18)4-15-6-16-10/h1-4,6H,5,14H2,(H,17,18). The molecule has 7 heteroatoms. The number of hydrogen-bond donors (Lipinski definition) is 2. The molecule has 2 rings (SSSR count). The van der Waals surface area contributed by atoms with Gasteiger partial charge in [-0.2, -0.15) is 0 Å². The highest BCUT2D eigenvalue weighted by atomic mass is 32.2. The van der Waals surface area contributed by atoms with Crippen LogP contribution >= 0.6 is 11.8 Å². The molecule has 1 aromatic heterocycles. The van der Waals surface area contributed by atoms with Gasteiger partial charge in [-0.1, -0.05) is 0 Å². The van der Waals surface area contributed by atoms with Gasteiger partial charge >= 0.3 is 5.97 Å². The van der Waals surface area contributed by atoms with E-state index in [1.165, 1.54) is 36.4 Å². The van der Waals surface area contributed by atoms with Crippen molar-refractivity contribution < 1.29 is 14.3 Å². The zero-order chi connectivity index (χ0) is 13.8. The van der Waals surface area contributed by atoms with E-state index >= 15 is 0 Å². The lowest BCUT2D eigenvalue weighted by atomic mass is 10.2. The average Bonchev–Trinajstić information content (AvgIpc) is 2.38. The van der Waals surface area contributed by atoms with Crippen molar-refractivity contribution in [1.82, 2.24) is 9.97 Å². The maximum absolute atomic E-state index is 12.9. The monoisotopic (exact) mass is 279 g/mol. The van der Waals surface area contributed by atoms with Crippen molar-refractivity contribution in [2.45, 2.75) is 10.6 Å². The number of nitrogen functional groups attached to an aromatic ring is 1. The highest BCUT2D eigenvalue weighted by molar-refractivity contribution is 7.98. The molecule has 0 radical (unpaired) electrons. The quantitative estimate of drug-likeness (QED) is 0.658. The van der Waals surface area contributed by atoms with Crippen LogP contribution in [0.4, 0.5) is 10.1 Å². The predicted octanol–water partition coefficient (Wildman–Crippen LogP) is 2.19. The van der Waals surface area contributed by atoms with E-state index in [2.05, 4.69) is 9.97 Å². The van der Waals surface area contributed by atoms with Crippen LogP contribution in [-0.4, -0.2) is 21.0 Å². The van der Waals surface area contributed by atoms with Crippen LogP contribution in [0, 0.1) is 5.82 Å². The molecule has 0 atom stereocenters. The third kappa shape index (κ3) is 3.19. The van der Waals surface area contributed by atoms with Crippen LogP contribution in [0.2, 0.25) is 0 Å². The number of carboxylic acid groups (broad SMARTS) is 1. The summed E-state index contributed by atoms with van der Waals surface area (Å²) in [5.41, 5.74) is 6.44. The number of hydrogen-bond acceptors (Lipinski definition) is 5. The van der Waals surface area contributed by atoms with Crippen molar-refractivity contribution in [3.05, 3.63) is 47.8 Å². The van der Waals surface area contributed by atoms with E-state index in [0.29, 0.717) is 22.0 Å². The molecular weight excluding hydrogens is 269 g/mol. The van der Waals surface area contributed by atoms with Gasteiger partial charge < -0.3 is 10.8 Å². The highest BCUT2D eigenvalue weighted by Crippen LogP contribution is 2.28. The Kier molecular flexibility index (Phi) is 3.96. The van der Waals surface area contributed by atoms with Crippen molar-refractivity contribution in [3.8, 4) is 0 Å². The second-order valence-electron chi connectivity index (χ2n) is 3.66. The summed E-state index contributed by atoms with van der Waals surface area (Å²) in [5, 5.41) is 8.99. The molecule has 1 heterocycles. The Bertz CT molecular complexity index is 622. The molecule has 0 amide bonds. The SMILES string of the molecule is Nc1cc(F)ccc1SCc1ncncc1C(=O)O. The zero-order valence-electron chi connectivity index (χ0n) is 9.71. The first kappa shape index (κ1) is 13.3. The number of thioether (sulfide) groups is 1. The van der Waals surface area contributed by atoms with Gasteiger partial charge in [0.25, 0.3) is 0 Å². The summed E-state index contributed by atoms with van der Waals surface area (Å²) >= 11 is 1.30. The number of halogens is 1. The van der Waals surface area contributed by atoms with Crippen LogP contribution in [0.5, 0.6) is 0 Å². The van der Waals surface area contributed by atoms with Crippen LogP contribution in [0.1, 0.15) is 16.1 Å². The van der Waals surface area contributed by atoms with Crippen molar-refractivity contribution in [2.75, 3.05) is 5.73 Å². The molecule has 3 N–H and O–H groups in total. The molecule has 0 spiro atoms. The van der Waals surface area contributed by atoms with Gasteiger partial charge in [0.05, 0.1) is 5.69 Å². The minimum atomic E-state index is -1.08. The summed E-state index contributed by atoms with van der Waals surface area (Å²) in [4.78, 5) is 19.3. The number of aromatic carboxylic acids is 1. The number of carboxylic acids is 1. The van der Waals surface area contributed by atoms with Crippen molar-refractivity contribution in [3.63, 3.8) is 0 Å². The smallest absolute Gasteiger partial charge is 0.339 e. The van der Waals surface area contributed by atoms with Crippen molar-refractivity contribution in [1.29, 1.82) is 0 Å². The summed E-state index contributed by atoms with van der Waals surface area (Å²) < 4.78 is 12.9. The number of nitrogens with zero attached hydrogens (tertiary/aromatic N) is 2. The second kappa shape index (κ2) is 5.66. The Labute approximate surface area is 112 Å². The molecule has 0 saturated carbocycles. The molecule has 0 aliphatic carbocycles. The van der Waals surface area contributed by atoms with Crippen LogP contribution in [-0.2, 0) is 5.75 Å². The molecule has 1 aromatic carbocycles. The van der Waals surface area contributed by atoms with Gasteiger partial charge in [-0.05, 0) is 18.2 Å². The fourth-order valence-electron chi connectivity index (χ4n) is 1.45. The first-order valence-corrected chi connectivity index (χ1v) is 6.26. The fraction of sp³-hybridized carbons (Fsp3) is 0.0833. The minimum Gasteiger partial charge on any atom is -0.478 e. The van der Waals surface area contributed by atoms with E-state index < -0.39 is 11.8 Å². The topological polar surface area (TPSA) is 89.1 Å². The van der Waals surface area contributed by atoms with Crippen molar-refractivity contribution >= 4 is 23.4 Å². The van der Waals surface area contributed by atoms with Crippen LogP contribution < -0.4 is 5.73 Å². The Morgan fingerprint density at radius 1 is 1.47 bits per heavy atom. The summed E-state index contributed by atoms with van der Waals surface area (Å²) in [5.74, 6) is -1.17. The number of anilines is 1. The van der Waals surface area contributed by atoms with Gasteiger partial charge in [-0.25, -0.2) is 19.2 Å². The van der Waals surface area contributed by atoms with Gasteiger partial charge in [0.15, 0.2) is 0 Å². The Morgan fingerprint density at radius 2 is 2.26 bits per heavy atom. The molecule has 0 bridgehead atoms. The Morgan fingerprint density at radius 3 is 2.95 bits per heavy atom. The highest BCUT2D eigenvalue weighted by Gasteiger charge is 2.12. The van der Waals surface area contributed by atoms with E-state index in [0.717, 1.165) is 0 Å². The number of carbonyl (C=O) groups is 1. The lowest BCUT2D eigenvalue weighted by Crippen LogP contribution is -2.04. The average molecular weight is 279 g/mol. The van der Waals surface area contributed by atoms with Gasteiger partial charge in [-0.3, -0.25) is 0 Å². The van der Waals surface area contributed by atoms with Gasteiger partial charge in [0.1, 0.15) is 17.7 Å². The maximum Gasteiger partial charge on any atom is 0.339 e. The van der Waals surface area contributed by atoms with Crippen LogP contribution in [0.25, 0.3) is 0 Å². The molecule has 98 valence electrons. The van der Waals surface area contributed by atoms with E-state index in [9.17, 15) is 9.18 Å². The lowest BCUT2D eigenvalue weighted by molar-refractivity contribution is 0.0695. The van der Waals surface area contributed by atoms with Gasteiger partial charge in [0, 0.05) is 22.5 Å². The third-order valence-electron chi connectivity index (χ3n) is 2.36. The third-order valence-corrected chi connectivity index (χ3v) is 3.46. The molecule has 5 nitrogen and oxygen atoms in total. The Balaban J connectivity index is 2.17. The predicted molar refractivity (Wildman–Crippen MR) is 69.4 cm³/mol. The first-order valence-electron chi connectivity index (χ1n) is 5.28. The summed E-state index contributed by atoms with van der Waals surface area (Å²) in [7, 11) is 0. The molecule has 0 unspecified atom stereocenters. The largest absolute Gasteiger partial charge is 0.478 e. The van der Waals surface area contributed by atoms with Gasteiger partial charge in [-0.15, -0.1) is 11.8 Å². The number of aromatic nitrogens is 2. The summed E-state index contributed by atoms with van der Waals surface area (Å²) in [6.07, 6.45) is 2.54.